The van der Waals surface area contributed by atoms with Gasteiger partial charge in [-0.3, -0.25) is 14.3 Å². The molecule has 24 heavy (non-hydrogen) atoms. The Balaban J connectivity index is 2.13. The highest BCUT2D eigenvalue weighted by Crippen LogP contribution is 2.23. The largest absolute Gasteiger partial charge is 0.335 e. The maximum Gasteiger partial charge on any atom is 0.335 e. The Morgan fingerprint density at radius 2 is 1.96 bits per heavy atom. The summed E-state index contributed by atoms with van der Waals surface area (Å²) in [6.45, 7) is 4.14. The highest BCUT2D eigenvalue weighted by atomic mass is 16.2. The standard InChI is InChI=1S/C19H21N3O2/c1-13(2)6-9-18(23)22-17-11-14(15-5-4-10-20-12-15)7-8-16(17)21(3)19(22)24/h4-5,7-8,10-13H,6,9H2,1-3H3. The number of pyridine rings is 1. The molecule has 0 aliphatic heterocycles. The summed E-state index contributed by atoms with van der Waals surface area (Å²) in [6.07, 6.45) is 4.63. The van der Waals surface area contributed by atoms with Crippen LogP contribution < -0.4 is 5.69 Å². The lowest BCUT2D eigenvalue weighted by molar-refractivity contribution is 0.0895. The highest BCUT2D eigenvalue weighted by molar-refractivity contribution is 5.92. The van der Waals surface area contributed by atoms with Gasteiger partial charge in [0.2, 0.25) is 5.91 Å². The van der Waals surface area contributed by atoms with Crippen molar-refractivity contribution in [2.45, 2.75) is 26.7 Å². The van der Waals surface area contributed by atoms with Crippen LogP contribution in [-0.2, 0) is 7.05 Å². The van der Waals surface area contributed by atoms with Crippen molar-refractivity contribution in [2.24, 2.45) is 13.0 Å². The SMILES string of the molecule is CC(C)CCC(=O)n1c(=O)n(C)c2ccc(-c3cccnc3)cc21. The summed E-state index contributed by atoms with van der Waals surface area (Å²) in [5, 5.41) is 0. The number of imidazole rings is 1. The topological polar surface area (TPSA) is 56.9 Å². The zero-order chi connectivity index (χ0) is 17.3. The summed E-state index contributed by atoms with van der Waals surface area (Å²) >= 11 is 0. The fraction of sp³-hybridized carbons (Fsp3) is 0.316. The molecule has 0 aliphatic carbocycles. The lowest BCUT2D eigenvalue weighted by Crippen LogP contribution is -2.27. The number of benzene rings is 1. The Kier molecular flexibility index (Phi) is 4.34. The number of hydrogen-bond acceptors (Lipinski definition) is 3. The zero-order valence-corrected chi connectivity index (χ0v) is 14.2. The van der Waals surface area contributed by atoms with Crippen LogP contribution in [0, 0.1) is 5.92 Å². The maximum absolute atomic E-state index is 12.6. The van der Waals surface area contributed by atoms with Gasteiger partial charge in [0.1, 0.15) is 0 Å². The maximum atomic E-state index is 12.6. The van der Waals surface area contributed by atoms with Gasteiger partial charge in [-0.2, -0.15) is 0 Å². The zero-order valence-electron chi connectivity index (χ0n) is 14.2. The summed E-state index contributed by atoms with van der Waals surface area (Å²) in [5.41, 5.74) is 3.01. The van der Waals surface area contributed by atoms with Crippen LogP contribution in [0.2, 0.25) is 0 Å². The predicted molar refractivity (Wildman–Crippen MR) is 95.1 cm³/mol. The molecule has 1 aromatic carbocycles. The Morgan fingerprint density at radius 3 is 2.62 bits per heavy atom. The molecule has 0 fully saturated rings. The molecular formula is C19H21N3O2. The molecule has 2 heterocycles. The van der Waals surface area contributed by atoms with E-state index in [1.165, 1.54) is 9.13 Å². The second-order valence-corrected chi connectivity index (χ2v) is 6.45. The van der Waals surface area contributed by atoms with Gasteiger partial charge in [-0.1, -0.05) is 26.0 Å². The molecule has 0 radical (unpaired) electrons. The molecule has 5 nitrogen and oxygen atoms in total. The summed E-state index contributed by atoms with van der Waals surface area (Å²) in [7, 11) is 1.70. The first-order valence-electron chi connectivity index (χ1n) is 8.14. The molecule has 0 saturated carbocycles. The van der Waals surface area contributed by atoms with Crippen molar-refractivity contribution in [1.82, 2.24) is 14.1 Å². The van der Waals surface area contributed by atoms with Gasteiger partial charge < -0.3 is 0 Å². The number of hydrogen-bond donors (Lipinski definition) is 0. The van der Waals surface area contributed by atoms with E-state index in [0.717, 1.165) is 23.1 Å². The van der Waals surface area contributed by atoms with Crippen LogP contribution in [0.25, 0.3) is 22.2 Å². The van der Waals surface area contributed by atoms with Gasteiger partial charge in [0.15, 0.2) is 0 Å². The molecule has 0 spiro atoms. The molecule has 0 amide bonds. The summed E-state index contributed by atoms with van der Waals surface area (Å²) in [4.78, 5) is 29.2. The van der Waals surface area contributed by atoms with E-state index in [1.807, 2.05) is 30.3 Å². The van der Waals surface area contributed by atoms with Crippen molar-refractivity contribution in [2.75, 3.05) is 0 Å². The minimum atomic E-state index is -0.290. The van der Waals surface area contributed by atoms with Crippen LogP contribution in [-0.4, -0.2) is 20.0 Å². The van der Waals surface area contributed by atoms with E-state index < -0.39 is 0 Å². The Labute approximate surface area is 140 Å². The second kappa shape index (κ2) is 6.43. The molecule has 0 atom stereocenters. The van der Waals surface area contributed by atoms with Crippen molar-refractivity contribution >= 4 is 16.9 Å². The van der Waals surface area contributed by atoms with Crippen molar-refractivity contribution in [1.29, 1.82) is 0 Å². The third-order valence-electron chi connectivity index (χ3n) is 4.24. The smallest absolute Gasteiger partial charge is 0.295 e. The molecule has 0 bridgehead atoms. The Bertz CT molecular complexity index is 936. The summed E-state index contributed by atoms with van der Waals surface area (Å²) < 4.78 is 2.83. The predicted octanol–water partition coefficient (Wildman–Crippen LogP) is 3.48. The van der Waals surface area contributed by atoms with Crippen LogP contribution in [0.5, 0.6) is 0 Å². The molecule has 5 heteroatoms. The summed E-state index contributed by atoms with van der Waals surface area (Å²) in [5.74, 6) is 0.271. The van der Waals surface area contributed by atoms with Gasteiger partial charge in [0.05, 0.1) is 11.0 Å². The number of nitrogens with zero attached hydrogens (tertiary/aromatic N) is 3. The Morgan fingerprint density at radius 1 is 1.17 bits per heavy atom. The van der Waals surface area contributed by atoms with Crippen molar-refractivity contribution < 1.29 is 4.79 Å². The Hall–Kier alpha value is -2.69. The fourth-order valence-electron chi connectivity index (χ4n) is 2.82. The van der Waals surface area contributed by atoms with E-state index in [9.17, 15) is 9.59 Å². The molecule has 0 aliphatic rings. The van der Waals surface area contributed by atoms with Crippen LogP contribution >= 0.6 is 0 Å². The van der Waals surface area contributed by atoms with Gasteiger partial charge in [-0.05, 0) is 36.1 Å². The molecule has 0 unspecified atom stereocenters. The van der Waals surface area contributed by atoms with Crippen LogP contribution in [0.15, 0.2) is 47.5 Å². The van der Waals surface area contributed by atoms with Gasteiger partial charge in [-0.15, -0.1) is 0 Å². The number of fused-ring (bicyclic) bond motifs is 1. The normalized spacial score (nSPS) is 11.3. The number of rotatable bonds is 4. The van der Waals surface area contributed by atoms with E-state index in [0.29, 0.717) is 17.9 Å². The van der Waals surface area contributed by atoms with Crippen molar-refractivity contribution in [3.63, 3.8) is 0 Å². The molecule has 0 N–H and O–H groups in total. The third-order valence-corrected chi connectivity index (χ3v) is 4.24. The molecule has 3 aromatic rings. The van der Waals surface area contributed by atoms with Gasteiger partial charge >= 0.3 is 5.69 Å². The lowest BCUT2D eigenvalue weighted by atomic mass is 10.1. The van der Waals surface area contributed by atoms with E-state index in [-0.39, 0.29) is 11.6 Å². The minimum Gasteiger partial charge on any atom is -0.295 e. The average Bonchev–Trinajstić information content (AvgIpc) is 2.84. The monoisotopic (exact) mass is 323 g/mol. The van der Waals surface area contributed by atoms with E-state index in [1.54, 1.807) is 19.4 Å². The third kappa shape index (κ3) is 2.89. The van der Waals surface area contributed by atoms with Gasteiger partial charge in [0.25, 0.3) is 0 Å². The van der Waals surface area contributed by atoms with E-state index in [2.05, 4.69) is 18.8 Å². The molecular weight excluding hydrogens is 302 g/mol. The summed E-state index contributed by atoms with van der Waals surface area (Å²) in [6, 6.07) is 9.54. The molecule has 0 saturated heterocycles. The van der Waals surface area contributed by atoms with Gasteiger partial charge in [-0.25, -0.2) is 9.36 Å². The van der Waals surface area contributed by atoms with Crippen LogP contribution in [0.3, 0.4) is 0 Å². The van der Waals surface area contributed by atoms with Gasteiger partial charge in [0, 0.05) is 31.4 Å². The quantitative estimate of drug-likeness (QED) is 0.738. The minimum absolute atomic E-state index is 0.150. The van der Waals surface area contributed by atoms with E-state index in [4.69, 9.17) is 0 Å². The highest BCUT2D eigenvalue weighted by Gasteiger charge is 2.17. The van der Waals surface area contributed by atoms with Crippen molar-refractivity contribution in [3.8, 4) is 11.1 Å². The molecule has 2 aromatic heterocycles. The van der Waals surface area contributed by atoms with Crippen LogP contribution in [0.1, 0.15) is 31.5 Å². The molecule has 124 valence electrons. The average molecular weight is 323 g/mol. The van der Waals surface area contributed by atoms with Crippen molar-refractivity contribution in [3.05, 3.63) is 53.2 Å². The van der Waals surface area contributed by atoms with Crippen LogP contribution in [0.4, 0.5) is 0 Å². The number of carbonyl (C=O) groups is 1. The number of aromatic nitrogens is 3. The number of carbonyl (C=O) groups excluding carboxylic acids is 1. The second-order valence-electron chi connectivity index (χ2n) is 6.45. The number of aryl methyl sites for hydroxylation is 1. The first-order chi connectivity index (χ1) is 11.5. The molecule has 3 rings (SSSR count). The fourth-order valence-corrected chi connectivity index (χ4v) is 2.82. The van der Waals surface area contributed by atoms with E-state index >= 15 is 0 Å². The lowest BCUT2D eigenvalue weighted by Gasteiger charge is -2.06. The first kappa shape index (κ1) is 16.2. The first-order valence-corrected chi connectivity index (χ1v) is 8.14.